The van der Waals surface area contributed by atoms with E-state index in [0.717, 1.165) is 18.2 Å². The molecule has 1 N–H and O–H groups in total. The third-order valence-electron chi connectivity index (χ3n) is 3.68. The minimum Gasteiger partial charge on any atom is -0.353 e. The summed E-state index contributed by atoms with van der Waals surface area (Å²) in [7, 11) is 0. The third-order valence-corrected chi connectivity index (χ3v) is 4.08. The minimum atomic E-state index is 0.176. The van der Waals surface area contributed by atoms with E-state index in [9.17, 15) is 4.79 Å². The number of benzene rings is 1. The van der Waals surface area contributed by atoms with E-state index in [4.69, 9.17) is 0 Å². The van der Waals surface area contributed by atoms with E-state index in [-0.39, 0.29) is 5.91 Å². The first-order valence-electron chi connectivity index (χ1n) is 6.70. The number of carbonyl (C=O) groups is 1. The number of amides is 1. The second-order valence-electron chi connectivity index (χ2n) is 4.97. The first-order chi connectivity index (χ1) is 8.79. The molecule has 2 nitrogen and oxygen atoms in total. The zero-order valence-corrected chi connectivity index (χ0v) is 12.2. The predicted molar refractivity (Wildman–Crippen MR) is 78.0 cm³/mol. The molecule has 0 unspecified atom stereocenters. The van der Waals surface area contributed by atoms with Crippen LogP contribution in [0.2, 0.25) is 0 Å². The van der Waals surface area contributed by atoms with Gasteiger partial charge in [-0.15, -0.1) is 0 Å². The summed E-state index contributed by atoms with van der Waals surface area (Å²) in [6, 6.07) is 11.1. The Morgan fingerprint density at radius 2 is 1.83 bits per heavy atom. The van der Waals surface area contributed by atoms with E-state index in [0.29, 0.717) is 18.4 Å². The molecule has 1 aromatic rings. The van der Waals surface area contributed by atoms with Crippen molar-refractivity contribution >= 4 is 21.8 Å². The summed E-state index contributed by atoms with van der Waals surface area (Å²) in [5, 5.41) is 3.87. The van der Waals surface area contributed by atoms with Gasteiger partial charge in [0.2, 0.25) is 5.91 Å². The summed E-state index contributed by atoms with van der Waals surface area (Å²) in [6.45, 7) is 0. The van der Waals surface area contributed by atoms with Crippen LogP contribution in [0.5, 0.6) is 0 Å². The van der Waals surface area contributed by atoms with Gasteiger partial charge in [-0.05, 0) is 37.2 Å². The third kappa shape index (κ3) is 3.84. The highest BCUT2D eigenvalue weighted by molar-refractivity contribution is 9.09. The van der Waals surface area contributed by atoms with E-state index < -0.39 is 0 Å². The van der Waals surface area contributed by atoms with Crippen LogP contribution in [0.1, 0.15) is 43.6 Å². The zero-order chi connectivity index (χ0) is 12.8. The normalized spacial score (nSPS) is 23.6. The molecular formula is C15H20BrNO. The van der Waals surface area contributed by atoms with Crippen molar-refractivity contribution in [1.29, 1.82) is 0 Å². The van der Waals surface area contributed by atoms with Crippen molar-refractivity contribution in [3.05, 3.63) is 35.9 Å². The van der Waals surface area contributed by atoms with E-state index in [2.05, 4.69) is 51.6 Å². The van der Waals surface area contributed by atoms with Crippen LogP contribution in [0.3, 0.4) is 0 Å². The Hall–Kier alpha value is -0.830. The number of halogens is 1. The number of hydrogen-bond acceptors (Lipinski definition) is 1. The molecule has 0 radical (unpaired) electrons. The second-order valence-corrected chi connectivity index (χ2v) is 5.76. The molecule has 1 aromatic carbocycles. The monoisotopic (exact) mass is 309 g/mol. The maximum atomic E-state index is 11.5. The largest absolute Gasteiger partial charge is 0.353 e. The molecule has 0 heterocycles. The molecule has 1 saturated carbocycles. The molecule has 98 valence electrons. The topological polar surface area (TPSA) is 29.1 Å². The van der Waals surface area contributed by atoms with Crippen LogP contribution < -0.4 is 5.32 Å². The van der Waals surface area contributed by atoms with Crippen molar-refractivity contribution in [1.82, 2.24) is 5.32 Å². The van der Waals surface area contributed by atoms with Gasteiger partial charge in [-0.1, -0.05) is 46.3 Å². The molecule has 0 aliphatic heterocycles. The van der Waals surface area contributed by atoms with Crippen LogP contribution in [-0.4, -0.2) is 17.3 Å². The van der Waals surface area contributed by atoms with Gasteiger partial charge in [-0.25, -0.2) is 0 Å². The van der Waals surface area contributed by atoms with E-state index in [1.54, 1.807) is 0 Å². The quantitative estimate of drug-likeness (QED) is 0.846. The molecule has 0 spiro atoms. The van der Waals surface area contributed by atoms with Gasteiger partial charge in [-0.3, -0.25) is 4.79 Å². The first kappa shape index (κ1) is 13.6. The van der Waals surface area contributed by atoms with Crippen LogP contribution in [0, 0.1) is 0 Å². The van der Waals surface area contributed by atoms with Crippen molar-refractivity contribution < 1.29 is 4.79 Å². The van der Waals surface area contributed by atoms with E-state index in [1.807, 2.05) is 0 Å². The maximum Gasteiger partial charge on any atom is 0.221 e. The average Bonchev–Trinajstić information content (AvgIpc) is 2.41. The molecule has 2 rings (SSSR count). The fourth-order valence-corrected chi connectivity index (χ4v) is 3.04. The van der Waals surface area contributed by atoms with Crippen LogP contribution in [-0.2, 0) is 4.79 Å². The molecule has 1 aliphatic carbocycles. The molecule has 1 amide bonds. The molecular weight excluding hydrogens is 290 g/mol. The Morgan fingerprint density at radius 3 is 2.44 bits per heavy atom. The van der Waals surface area contributed by atoms with Crippen molar-refractivity contribution in [3.63, 3.8) is 0 Å². The number of nitrogens with one attached hydrogen (secondary N) is 1. The summed E-state index contributed by atoms with van der Waals surface area (Å²) in [4.78, 5) is 11.5. The standard InChI is InChI=1S/C15H20BrNO/c16-11-10-15(18)17-14-8-6-13(7-9-14)12-4-2-1-3-5-12/h1-5,13-14H,6-11H2,(H,17,18). The molecule has 3 heteroatoms. The van der Waals surface area contributed by atoms with Gasteiger partial charge in [0.1, 0.15) is 0 Å². The lowest BCUT2D eigenvalue weighted by Crippen LogP contribution is -2.37. The Labute approximate surface area is 117 Å². The highest BCUT2D eigenvalue weighted by Gasteiger charge is 2.22. The maximum absolute atomic E-state index is 11.5. The zero-order valence-electron chi connectivity index (χ0n) is 10.6. The molecule has 0 aromatic heterocycles. The number of hydrogen-bond donors (Lipinski definition) is 1. The van der Waals surface area contributed by atoms with Gasteiger partial charge in [0, 0.05) is 17.8 Å². The average molecular weight is 310 g/mol. The highest BCUT2D eigenvalue weighted by Crippen LogP contribution is 2.32. The Bertz CT molecular complexity index is 371. The van der Waals surface area contributed by atoms with Crippen LogP contribution in [0.25, 0.3) is 0 Å². The van der Waals surface area contributed by atoms with Gasteiger partial charge in [-0.2, -0.15) is 0 Å². The summed E-state index contributed by atoms with van der Waals surface area (Å²) in [6.07, 6.45) is 5.16. The van der Waals surface area contributed by atoms with Crippen LogP contribution in [0.15, 0.2) is 30.3 Å². The van der Waals surface area contributed by atoms with Crippen molar-refractivity contribution in [2.75, 3.05) is 5.33 Å². The number of carbonyl (C=O) groups excluding carboxylic acids is 1. The second kappa shape index (κ2) is 6.93. The Balaban J connectivity index is 1.80. The summed E-state index contributed by atoms with van der Waals surface area (Å²) < 4.78 is 0. The lowest BCUT2D eigenvalue weighted by atomic mass is 9.82. The molecule has 0 bridgehead atoms. The summed E-state index contributed by atoms with van der Waals surface area (Å²) in [5.74, 6) is 0.852. The molecule has 18 heavy (non-hydrogen) atoms. The number of alkyl halides is 1. The lowest BCUT2D eigenvalue weighted by Gasteiger charge is -2.29. The van der Waals surface area contributed by atoms with E-state index in [1.165, 1.54) is 18.4 Å². The first-order valence-corrected chi connectivity index (χ1v) is 7.82. The van der Waals surface area contributed by atoms with Gasteiger partial charge in [0.25, 0.3) is 0 Å². The van der Waals surface area contributed by atoms with Crippen molar-refractivity contribution in [3.8, 4) is 0 Å². The molecule has 0 saturated heterocycles. The molecule has 1 fully saturated rings. The van der Waals surface area contributed by atoms with Crippen molar-refractivity contribution in [2.45, 2.75) is 44.1 Å². The lowest BCUT2D eigenvalue weighted by molar-refractivity contribution is -0.121. The SMILES string of the molecule is O=C(CCBr)NC1CCC(c2ccccc2)CC1. The van der Waals surface area contributed by atoms with Gasteiger partial charge in [0.05, 0.1) is 0 Å². The van der Waals surface area contributed by atoms with Gasteiger partial charge < -0.3 is 5.32 Å². The van der Waals surface area contributed by atoms with Gasteiger partial charge in [0.15, 0.2) is 0 Å². The summed E-state index contributed by atoms with van der Waals surface area (Å²) in [5.41, 5.74) is 1.45. The Morgan fingerprint density at radius 1 is 1.17 bits per heavy atom. The number of rotatable bonds is 4. The predicted octanol–water partition coefficient (Wildman–Crippen LogP) is 3.61. The van der Waals surface area contributed by atoms with E-state index >= 15 is 0 Å². The van der Waals surface area contributed by atoms with Crippen molar-refractivity contribution in [2.24, 2.45) is 0 Å². The fourth-order valence-electron chi connectivity index (χ4n) is 2.68. The minimum absolute atomic E-state index is 0.176. The Kier molecular flexibility index (Phi) is 5.24. The molecule has 1 aliphatic rings. The summed E-state index contributed by atoms with van der Waals surface area (Å²) >= 11 is 3.29. The molecule has 0 atom stereocenters. The van der Waals surface area contributed by atoms with Crippen LogP contribution >= 0.6 is 15.9 Å². The fraction of sp³-hybridized carbons (Fsp3) is 0.533. The highest BCUT2D eigenvalue weighted by atomic mass is 79.9. The van der Waals surface area contributed by atoms with Gasteiger partial charge >= 0.3 is 0 Å². The van der Waals surface area contributed by atoms with Crippen LogP contribution in [0.4, 0.5) is 0 Å². The smallest absolute Gasteiger partial charge is 0.221 e.